The van der Waals surface area contributed by atoms with Gasteiger partial charge in [0.05, 0.1) is 37.5 Å². The molecule has 1 unspecified atom stereocenters. The van der Waals surface area contributed by atoms with Crippen LogP contribution >= 0.6 is 22.9 Å². The minimum atomic E-state index is -4.91. The Morgan fingerprint density at radius 3 is 2.50 bits per heavy atom. The Balaban J connectivity index is 1.48. The van der Waals surface area contributed by atoms with Gasteiger partial charge in [-0.1, -0.05) is 17.7 Å². The number of methoxy groups -OCH3 is 1. The predicted molar refractivity (Wildman–Crippen MR) is 179 cm³/mol. The molecule has 3 aliphatic rings. The van der Waals surface area contributed by atoms with Crippen LogP contribution in [-0.4, -0.2) is 103 Å². The molecule has 1 aromatic carbocycles. The Labute approximate surface area is 305 Å². The van der Waals surface area contributed by atoms with Gasteiger partial charge in [-0.2, -0.15) is 26.3 Å². The molecule has 0 radical (unpaired) electrons. The summed E-state index contributed by atoms with van der Waals surface area (Å²) in [5.41, 5.74) is -2.44. The average molecular weight is 775 g/mol. The van der Waals surface area contributed by atoms with Crippen LogP contribution in [0.15, 0.2) is 48.0 Å². The lowest BCUT2D eigenvalue weighted by molar-refractivity contribution is -0.164. The number of amides is 2. The number of aromatic nitrogens is 1. The van der Waals surface area contributed by atoms with Crippen LogP contribution in [0.25, 0.3) is 0 Å². The van der Waals surface area contributed by atoms with Crippen LogP contribution in [-0.2, 0) is 33.0 Å². The topological polar surface area (TPSA) is 84.4 Å². The van der Waals surface area contributed by atoms with Gasteiger partial charge in [0.25, 0.3) is 11.8 Å². The number of benzene rings is 1. The molecule has 3 aliphatic heterocycles. The molecule has 2 saturated heterocycles. The number of rotatable bonds is 9. The monoisotopic (exact) mass is 774 g/mol. The number of halogens is 7. The molecule has 0 bridgehead atoms. The van der Waals surface area contributed by atoms with Crippen LogP contribution in [0.1, 0.15) is 57.4 Å². The zero-order chi connectivity index (χ0) is 37.3. The van der Waals surface area contributed by atoms with E-state index in [2.05, 4.69) is 4.98 Å². The fourth-order valence-electron chi connectivity index (χ4n) is 7.44. The lowest BCUT2D eigenvalue weighted by atomic mass is 9.79. The van der Waals surface area contributed by atoms with Gasteiger partial charge in [-0.3, -0.25) is 19.5 Å². The smallest absolute Gasteiger partial charge is 0.425 e. The van der Waals surface area contributed by atoms with E-state index in [4.69, 9.17) is 25.8 Å². The summed E-state index contributed by atoms with van der Waals surface area (Å²) in [6, 6.07) is 6.05. The van der Waals surface area contributed by atoms with Crippen molar-refractivity contribution in [1.82, 2.24) is 19.7 Å². The quantitative estimate of drug-likeness (QED) is 0.223. The van der Waals surface area contributed by atoms with Crippen molar-refractivity contribution in [2.45, 2.75) is 55.7 Å². The molecule has 5 heterocycles. The molecular weight excluding hydrogens is 738 g/mol. The predicted octanol–water partition coefficient (Wildman–Crippen LogP) is 6.75. The maximum Gasteiger partial charge on any atom is 0.425 e. The molecule has 3 atom stereocenters. The number of likely N-dealkylation sites (tertiary alicyclic amines) is 1. The van der Waals surface area contributed by atoms with Crippen LogP contribution in [0, 0.1) is 0 Å². The van der Waals surface area contributed by atoms with Crippen LogP contribution < -0.4 is 4.74 Å². The number of piperidine rings is 1. The Kier molecular flexibility index (Phi) is 11.4. The van der Waals surface area contributed by atoms with Gasteiger partial charge in [-0.15, -0.1) is 11.3 Å². The lowest BCUT2D eigenvalue weighted by Crippen LogP contribution is -2.69. The highest BCUT2D eigenvalue weighted by molar-refractivity contribution is 7.10. The molecule has 52 heavy (non-hydrogen) atoms. The first-order valence-electron chi connectivity index (χ1n) is 16.8. The van der Waals surface area contributed by atoms with Gasteiger partial charge in [-0.25, -0.2) is 0 Å². The second kappa shape index (κ2) is 15.5. The van der Waals surface area contributed by atoms with Crippen molar-refractivity contribution in [2.75, 3.05) is 59.7 Å². The molecule has 2 amide bonds. The summed E-state index contributed by atoms with van der Waals surface area (Å²) in [6.45, 7) is 2.39. The summed E-state index contributed by atoms with van der Waals surface area (Å²) in [4.78, 5) is 37.4. The number of thiophene rings is 1. The fourth-order valence-corrected chi connectivity index (χ4v) is 8.31. The molecule has 282 valence electrons. The van der Waals surface area contributed by atoms with Crippen LogP contribution in [0.5, 0.6) is 5.75 Å². The number of ether oxygens (including phenoxy) is 3. The minimum absolute atomic E-state index is 0.0292. The third-order valence-corrected chi connectivity index (χ3v) is 11.0. The Morgan fingerprint density at radius 1 is 1.04 bits per heavy atom. The highest BCUT2D eigenvalue weighted by Gasteiger charge is 2.57. The van der Waals surface area contributed by atoms with Crippen molar-refractivity contribution in [2.24, 2.45) is 0 Å². The number of carbonyl (C=O) groups excluding carboxylic acids is 2. The van der Waals surface area contributed by atoms with Gasteiger partial charge >= 0.3 is 12.4 Å². The summed E-state index contributed by atoms with van der Waals surface area (Å²) < 4.78 is 102. The molecule has 9 nitrogen and oxygen atoms in total. The molecular formula is C35H37ClF6N4O5S. The third-order valence-electron chi connectivity index (χ3n) is 9.83. The second-order valence-corrected chi connectivity index (χ2v) is 14.3. The van der Waals surface area contributed by atoms with Crippen LogP contribution in [0.4, 0.5) is 26.3 Å². The number of alkyl halides is 6. The number of hydrogen-bond acceptors (Lipinski definition) is 8. The summed E-state index contributed by atoms with van der Waals surface area (Å²) in [5.74, 6) is -1.91. The zero-order valence-electron chi connectivity index (χ0n) is 28.1. The normalized spacial score (nSPS) is 23.0. The molecule has 3 aromatic rings. The zero-order valence-corrected chi connectivity index (χ0v) is 29.7. The lowest BCUT2D eigenvalue weighted by Gasteiger charge is -2.51. The highest BCUT2D eigenvalue weighted by atomic mass is 35.5. The van der Waals surface area contributed by atoms with E-state index < -0.39 is 58.0 Å². The maximum atomic E-state index is 15.4. The van der Waals surface area contributed by atoms with Gasteiger partial charge in [0.1, 0.15) is 16.3 Å². The van der Waals surface area contributed by atoms with E-state index in [9.17, 15) is 31.1 Å². The summed E-state index contributed by atoms with van der Waals surface area (Å²) >= 11 is 6.68. The van der Waals surface area contributed by atoms with Gasteiger partial charge in [0, 0.05) is 68.9 Å². The van der Waals surface area contributed by atoms with Crippen molar-refractivity contribution in [3.05, 3.63) is 80.3 Å². The van der Waals surface area contributed by atoms with Gasteiger partial charge in [0.2, 0.25) is 5.60 Å². The number of carbonyl (C=O) groups is 2. The molecule has 0 spiro atoms. The number of hydrogen-bond donors (Lipinski definition) is 0. The molecule has 0 N–H and O–H groups in total. The van der Waals surface area contributed by atoms with Gasteiger partial charge in [0.15, 0.2) is 0 Å². The van der Waals surface area contributed by atoms with E-state index in [-0.39, 0.29) is 44.7 Å². The largest absolute Gasteiger partial charge is 0.474 e. The summed E-state index contributed by atoms with van der Waals surface area (Å²) in [5, 5.41) is 1.66. The molecule has 0 aliphatic carbocycles. The fraction of sp³-hybridized carbons (Fsp3) is 0.514. The first kappa shape index (κ1) is 38.3. The standard InChI is InChI=1S/C35H37ClF6N4O5S/c1-49-20-27-25-6-5-23(36)18-22(25)7-13-45(27)32(48)33(51-24-19-29(52-21-24)35(40,41)42)9-3-11-46(28(33)8-12-44-14-16-50-17-15-44)31(47)30-26(34(37,38)39)4-2-10-43-30/h2,4-6,10,18-19,21,27-28H,3,7-9,11-17,20H2,1H3/t27?,28-,33-/m1/s1. The molecule has 2 aromatic heterocycles. The first-order chi connectivity index (χ1) is 24.7. The van der Waals surface area contributed by atoms with Crippen LogP contribution in [0.2, 0.25) is 5.02 Å². The summed E-state index contributed by atoms with van der Waals surface area (Å²) in [7, 11) is 1.47. The van der Waals surface area contributed by atoms with E-state index in [0.717, 1.165) is 40.9 Å². The Hall–Kier alpha value is -3.44. The SMILES string of the molecule is COCC1c2ccc(Cl)cc2CCN1C(=O)[C@@]1(Oc2csc(C(F)(F)F)c2)CCCN(C(=O)c2ncccc2C(F)(F)F)[C@@H]1CCN1CCOCC1. The number of nitrogens with zero attached hydrogens (tertiary/aromatic N) is 4. The summed E-state index contributed by atoms with van der Waals surface area (Å²) in [6.07, 6.45) is -8.01. The van der Waals surface area contributed by atoms with Crippen molar-refractivity contribution in [3.63, 3.8) is 0 Å². The molecule has 2 fully saturated rings. The van der Waals surface area contributed by atoms with Gasteiger partial charge in [-0.05, 0) is 54.7 Å². The van der Waals surface area contributed by atoms with Crippen molar-refractivity contribution >= 4 is 34.8 Å². The third kappa shape index (κ3) is 7.91. The molecule has 17 heteroatoms. The van der Waals surface area contributed by atoms with E-state index in [0.29, 0.717) is 55.6 Å². The number of morpholine rings is 1. The van der Waals surface area contributed by atoms with E-state index in [1.54, 1.807) is 23.1 Å². The Morgan fingerprint density at radius 2 is 1.81 bits per heavy atom. The average Bonchev–Trinajstić information content (AvgIpc) is 3.60. The van der Waals surface area contributed by atoms with Crippen LogP contribution in [0.3, 0.4) is 0 Å². The van der Waals surface area contributed by atoms with Crippen molar-refractivity contribution < 1.29 is 50.1 Å². The van der Waals surface area contributed by atoms with Crippen molar-refractivity contribution in [3.8, 4) is 5.75 Å². The number of pyridine rings is 1. The van der Waals surface area contributed by atoms with Gasteiger partial charge < -0.3 is 24.0 Å². The molecule has 6 rings (SSSR count). The van der Waals surface area contributed by atoms with E-state index >= 15 is 4.79 Å². The Bertz CT molecular complexity index is 1750. The first-order valence-corrected chi connectivity index (χ1v) is 18.0. The second-order valence-electron chi connectivity index (χ2n) is 13.0. The number of fused-ring (bicyclic) bond motifs is 1. The maximum absolute atomic E-state index is 15.4. The van der Waals surface area contributed by atoms with E-state index in [1.165, 1.54) is 12.0 Å². The molecule has 0 saturated carbocycles. The van der Waals surface area contributed by atoms with Crippen molar-refractivity contribution in [1.29, 1.82) is 0 Å². The minimum Gasteiger partial charge on any atom is -0.474 e. The highest BCUT2D eigenvalue weighted by Crippen LogP contribution is 2.44. The van der Waals surface area contributed by atoms with E-state index in [1.807, 2.05) is 4.90 Å².